The number of aryl methyl sites for hydroxylation is 2. The van der Waals surface area contributed by atoms with E-state index in [-0.39, 0.29) is 35.9 Å². The molecule has 0 saturated carbocycles. The highest BCUT2D eigenvalue weighted by Crippen LogP contribution is 2.43. The Kier molecular flexibility index (Phi) is 8.28. The predicted octanol–water partition coefficient (Wildman–Crippen LogP) is 7.29. The average Bonchev–Trinajstić information content (AvgIpc) is 3.59. The van der Waals surface area contributed by atoms with E-state index in [1.54, 1.807) is 7.11 Å². The molecule has 0 aliphatic carbocycles. The maximum absolute atomic E-state index is 12.9. The minimum atomic E-state index is -0.429. The number of phenols is 2. The van der Waals surface area contributed by atoms with Gasteiger partial charge in [0, 0.05) is 30.2 Å². The Labute approximate surface area is 287 Å². The van der Waals surface area contributed by atoms with Crippen LogP contribution in [0.15, 0.2) is 88.2 Å². The highest BCUT2D eigenvalue weighted by atomic mass is 16.7. The van der Waals surface area contributed by atoms with Gasteiger partial charge in [0.05, 0.1) is 31.3 Å². The van der Waals surface area contributed by atoms with Gasteiger partial charge in [0.1, 0.15) is 16.7 Å². The Morgan fingerprint density at radius 1 is 0.840 bits per heavy atom. The summed E-state index contributed by atoms with van der Waals surface area (Å²) in [7, 11) is 1.65. The molecule has 2 aliphatic rings. The summed E-state index contributed by atoms with van der Waals surface area (Å²) in [4.78, 5) is 12.9. The van der Waals surface area contributed by atoms with Gasteiger partial charge in [-0.1, -0.05) is 30.3 Å². The zero-order valence-corrected chi connectivity index (χ0v) is 27.6. The first-order chi connectivity index (χ1) is 24.5. The van der Waals surface area contributed by atoms with Crippen molar-refractivity contribution in [2.75, 3.05) is 27.1 Å². The smallest absolute Gasteiger partial charge is 0.231 e. The van der Waals surface area contributed by atoms with Gasteiger partial charge in [0.25, 0.3) is 0 Å². The fourth-order valence-corrected chi connectivity index (χ4v) is 6.77. The van der Waals surface area contributed by atoms with Crippen molar-refractivity contribution in [3.63, 3.8) is 0 Å². The molecule has 2 aromatic heterocycles. The maximum Gasteiger partial charge on any atom is 0.231 e. The zero-order valence-electron chi connectivity index (χ0n) is 27.6. The van der Waals surface area contributed by atoms with E-state index in [2.05, 4.69) is 35.0 Å². The number of fused-ring (bicyclic) bond motifs is 6. The molecule has 10 nitrogen and oxygen atoms in total. The lowest BCUT2D eigenvalue weighted by Gasteiger charge is -2.18. The minimum Gasteiger partial charge on any atom is -0.504 e. The van der Waals surface area contributed by atoms with Crippen molar-refractivity contribution >= 4 is 21.7 Å². The third-order valence-corrected chi connectivity index (χ3v) is 9.31. The van der Waals surface area contributed by atoms with Gasteiger partial charge in [-0.25, -0.2) is 0 Å². The number of nitrogens with zero attached hydrogens (tertiary/aromatic N) is 1. The Morgan fingerprint density at radius 3 is 2.38 bits per heavy atom. The van der Waals surface area contributed by atoms with Gasteiger partial charge in [0.15, 0.2) is 52.7 Å². The van der Waals surface area contributed by atoms with E-state index in [4.69, 9.17) is 28.1 Å². The number of rotatable bonds is 11. The Balaban J connectivity index is 0.884. The van der Waals surface area contributed by atoms with Crippen LogP contribution in [0.2, 0.25) is 0 Å². The molecule has 4 heterocycles. The summed E-state index contributed by atoms with van der Waals surface area (Å²) in [5.74, 6) is 2.49. The number of hydrogen-bond donors (Lipinski definition) is 2. The van der Waals surface area contributed by atoms with Gasteiger partial charge < -0.3 is 38.3 Å². The van der Waals surface area contributed by atoms with Crippen LogP contribution >= 0.6 is 0 Å². The number of aromatic nitrogens is 1. The molecule has 8 rings (SSSR count). The molecule has 0 radical (unpaired) electrons. The first-order valence-corrected chi connectivity index (χ1v) is 16.8. The lowest BCUT2D eigenvalue weighted by Crippen LogP contribution is -2.40. The fourth-order valence-electron chi connectivity index (χ4n) is 6.77. The van der Waals surface area contributed by atoms with E-state index in [9.17, 15) is 15.0 Å². The number of ether oxygens (including phenoxy) is 5. The minimum absolute atomic E-state index is 0.0323. The molecule has 2 aliphatic heterocycles. The molecule has 0 unspecified atom stereocenters. The lowest BCUT2D eigenvalue weighted by molar-refractivity contribution is -0.686. The summed E-state index contributed by atoms with van der Waals surface area (Å²) in [5, 5.41) is 23.4. The van der Waals surface area contributed by atoms with Gasteiger partial charge in [-0.2, -0.15) is 4.57 Å². The Hall–Kier alpha value is -5.90. The molecule has 6 aromatic rings. The van der Waals surface area contributed by atoms with Crippen LogP contribution in [-0.2, 0) is 13.0 Å². The van der Waals surface area contributed by atoms with Gasteiger partial charge >= 0.3 is 0 Å². The normalized spacial score (nSPS) is 12.9. The van der Waals surface area contributed by atoms with E-state index in [1.807, 2.05) is 36.4 Å². The topological polar surface area (TPSA) is 121 Å². The van der Waals surface area contributed by atoms with Crippen molar-refractivity contribution in [1.82, 2.24) is 0 Å². The molecule has 50 heavy (non-hydrogen) atoms. The molecule has 0 fully saturated rings. The molecular weight excluding hydrogens is 638 g/mol. The van der Waals surface area contributed by atoms with Crippen molar-refractivity contribution in [3.05, 3.63) is 94.8 Å². The number of phenolic OH excluding ortho intramolecular Hbond substituents is 2. The predicted molar refractivity (Wildman–Crippen MR) is 187 cm³/mol. The number of pyridine rings is 1. The highest BCUT2D eigenvalue weighted by molar-refractivity contribution is 5.92. The van der Waals surface area contributed by atoms with Crippen molar-refractivity contribution in [3.8, 4) is 62.8 Å². The lowest BCUT2D eigenvalue weighted by atomic mass is 9.95. The van der Waals surface area contributed by atoms with Gasteiger partial charge in [-0.15, -0.1) is 0 Å². The van der Waals surface area contributed by atoms with Crippen LogP contribution in [0.3, 0.4) is 0 Å². The quantitative estimate of drug-likeness (QED) is 0.108. The summed E-state index contributed by atoms with van der Waals surface area (Å²) in [6.45, 7) is 1.86. The number of unbranched alkanes of at least 4 members (excludes halogenated alkanes) is 3. The van der Waals surface area contributed by atoms with E-state index in [0.29, 0.717) is 30.1 Å². The third kappa shape index (κ3) is 5.76. The summed E-state index contributed by atoms with van der Waals surface area (Å²) in [5.41, 5.74) is 3.90. The molecule has 0 atom stereocenters. The van der Waals surface area contributed by atoms with Crippen LogP contribution in [0.4, 0.5) is 0 Å². The van der Waals surface area contributed by atoms with Gasteiger partial charge in [0.2, 0.25) is 18.2 Å². The largest absolute Gasteiger partial charge is 0.504 e. The number of benzene rings is 4. The van der Waals surface area contributed by atoms with Crippen LogP contribution in [0.25, 0.3) is 44.3 Å². The van der Waals surface area contributed by atoms with E-state index < -0.39 is 11.2 Å². The molecule has 0 spiro atoms. The Bertz CT molecular complexity index is 2300. The second-order valence-electron chi connectivity index (χ2n) is 12.5. The second kappa shape index (κ2) is 13.2. The van der Waals surface area contributed by atoms with E-state index in [0.717, 1.165) is 71.5 Å². The number of aromatic hydroxyl groups is 2. The number of methoxy groups -OCH3 is 1. The van der Waals surface area contributed by atoms with Crippen molar-refractivity contribution in [1.29, 1.82) is 0 Å². The van der Waals surface area contributed by atoms with E-state index >= 15 is 0 Å². The Morgan fingerprint density at radius 2 is 1.60 bits per heavy atom. The second-order valence-corrected chi connectivity index (χ2v) is 12.5. The van der Waals surface area contributed by atoms with Crippen molar-refractivity contribution < 1.29 is 42.9 Å². The standard InChI is InChI=1S/C40H35NO9/c1-45-32-12-11-25-17-29-27-19-35-34(48-23-49-35)18-26(27)13-14-41(29)22-28(25)39(32)46-15-7-2-3-8-16-47-40-31(43)21-36-37(38(40)44)30(42)20-33(50-36)24-9-5-4-6-10-24/h4-6,9-12,17-22H,2-3,7-8,13-16,23H2,1H3,(H-,42,43,44)/p+1. The van der Waals surface area contributed by atoms with Gasteiger partial charge in [-0.3, -0.25) is 4.79 Å². The highest BCUT2D eigenvalue weighted by Gasteiger charge is 2.29. The van der Waals surface area contributed by atoms with E-state index in [1.165, 1.54) is 17.7 Å². The maximum atomic E-state index is 12.9. The molecule has 254 valence electrons. The molecule has 0 bridgehead atoms. The molecular formula is C40H36NO9+. The van der Waals surface area contributed by atoms with Crippen LogP contribution in [0.5, 0.6) is 40.2 Å². The average molecular weight is 675 g/mol. The summed E-state index contributed by atoms with van der Waals surface area (Å²) >= 11 is 0. The number of hydrogen-bond acceptors (Lipinski definition) is 9. The summed E-state index contributed by atoms with van der Waals surface area (Å²) < 4.78 is 37.1. The molecule has 4 aromatic carbocycles. The van der Waals surface area contributed by atoms with Crippen molar-refractivity contribution in [2.24, 2.45) is 0 Å². The molecule has 0 saturated heterocycles. The first-order valence-electron chi connectivity index (χ1n) is 16.8. The van der Waals surface area contributed by atoms with Crippen molar-refractivity contribution in [2.45, 2.75) is 38.6 Å². The monoisotopic (exact) mass is 674 g/mol. The van der Waals surface area contributed by atoms with Crippen LogP contribution < -0.4 is 33.7 Å². The summed E-state index contributed by atoms with van der Waals surface area (Å²) in [6.07, 6.45) is 6.27. The van der Waals surface area contributed by atoms with Gasteiger partial charge in [-0.05, 0) is 60.9 Å². The fraction of sp³-hybridized carbons (Fsp3) is 0.250. The zero-order chi connectivity index (χ0) is 34.2. The SMILES string of the molecule is COc1ccc2cc3[n+](cc2c1OCCCCCCOc1c(O)cc2oc(-c4ccccc4)cc(=O)c2c1O)CCc1cc2c(cc1-3)OCO2. The van der Waals surface area contributed by atoms with Crippen LogP contribution in [0.1, 0.15) is 31.2 Å². The van der Waals surface area contributed by atoms with Crippen LogP contribution in [0, 0.1) is 0 Å². The molecule has 0 amide bonds. The molecule has 10 heteroatoms. The first kappa shape index (κ1) is 31.4. The molecule has 2 N–H and O–H groups in total. The van der Waals surface area contributed by atoms with Crippen LogP contribution in [-0.4, -0.2) is 37.3 Å². The summed E-state index contributed by atoms with van der Waals surface area (Å²) in [6, 6.07) is 22.2. The third-order valence-electron chi connectivity index (χ3n) is 9.31.